The number of nitrogens with zero attached hydrogens (tertiary/aromatic N) is 1. The van der Waals surface area contributed by atoms with Crippen molar-refractivity contribution in [1.82, 2.24) is 4.90 Å². The second kappa shape index (κ2) is 6.62. The number of hydrogen-bond donors (Lipinski definition) is 0. The Morgan fingerprint density at radius 2 is 1.74 bits per heavy atom. The van der Waals surface area contributed by atoms with Crippen LogP contribution in [0, 0.1) is 0 Å². The number of rotatable bonds is 3. The molecule has 0 radical (unpaired) electrons. The van der Waals surface area contributed by atoms with Crippen LogP contribution in [0.4, 0.5) is 0 Å². The van der Waals surface area contributed by atoms with Crippen LogP contribution >= 0.6 is 0 Å². The molecule has 2 aromatic carbocycles. The van der Waals surface area contributed by atoms with Gasteiger partial charge < -0.3 is 9.31 Å². The minimum atomic E-state index is -0.453. The molecule has 4 rings (SSSR count). The van der Waals surface area contributed by atoms with Crippen LogP contribution in [0.1, 0.15) is 53.5 Å². The fourth-order valence-corrected chi connectivity index (χ4v) is 3.87. The normalized spacial score (nSPS) is 21.5. The Bertz CT molecular complexity index is 876. The number of benzene rings is 2. The van der Waals surface area contributed by atoms with E-state index < -0.39 is 7.12 Å². The minimum Gasteiger partial charge on any atom is -0.405 e. The summed E-state index contributed by atoms with van der Waals surface area (Å²) in [4.78, 5) is 26.5. The molecular formula is C21H22BNO4. The van der Waals surface area contributed by atoms with Gasteiger partial charge in [0, 0.05) is 6.10 Å². The molecule has 27 heavy (non-hydrogen) atoms. The minimum absolute atomic E-state index is 0.0960. The first-order chi connectivity index (χ1) is 12.8. The molecule has 0 aliphatic carbocycles. The fraction of sp³-hybridized carbons (Fsp3) is 0.333. The van der Waals surface area contributed by atoms with E-state index in [-0.39, 0.29) is 30.1 Å². The maximum Gasteiger partial charge on any atom is 0.494 e. The first-order valence-electron chi connectivity index (χ1n) is 9.21. The first kappa shape index (κ1) is 18.0. The Hall–Kier alpha value is -2.44. The Labute approximate surface area is 159 Å². The second-order valence-corrected chi connectivity index (χ2v) is 7.85. The lowest BCUT2D eigenvalue weighted by Gasteiger charge is -2.38. The van der Waals surface area contributed by atoms with E-state index in [4.69, 9.17) is 9.31 Å². The molecular weight excluding hydrogens is 341 g/mol. The number of imide groups is 1. The van der Waals surface area contributed by atoms with E-state index in [0.717, 1.165) is 17.4 Å². The molecule has 1 atom stereocenters. The zero-order chi connectivity index (χ0) is 19.2. The molecule has 2 heterocycles. The van der Waals surface area contributed by atoms with Gasteiger partial charge in [0.2, 0.25) is 0 Å². The van der Waals surface area contributed by atoms with Gasteiger partial charge in [-0.25, -0.2) is 0 Å². The van der Waals surface area contributed by atoms with E-state index in [0.29, 0.717) is 11.1 Å². The summed E-state index contributed by atoms with van der Waals surface area (Å²) >= 11 is 0. The van der Waals surface area contributed by atoms with Crippen LogP contribution in [-0.2, 0) is 15.9 Å². The van der Waals surface area contributed by atoms with Crippen LogP contribution < -0.4 is 5.46 Å². The summed E-state index contributed by atoms with van der Waals surface area (Å²) in [7, 11) is -0.453. The number of carbonyl (C=O) groups excluding carboxylic acids is 2. The lowest BCUT2D eigenvalue weighted by atomic mass is 9.74. The Kier molecular flexibility index (Phi) is 4.40. The van der Waals surface area contributed by atoms with Crippen molar-refractivity contribution in [3.63, 3.8) is 0 Å². The number of fused-ring (bicyclic) bond motifs is 1. The average molecular weight is 363 g/mol. The van der Waals surface area contributed by atoms with Crippen LogP contribution in [0.25, 0.3) is 0 Å². The van der Waals surface area contributed by atoms with Crippen molar-refractivity contribution in [2.75, 3.05) is 0 Å². The lowest BCUT2D eigenvalue weighted by molar-refractivity contribution is -0.0229. The third-order valence-electron chi connectivity index (χ3n) is 5.00. The van der Waals surface area contributed by atoms with Crippen molar-refractivity contribution >= 4 is 24.4 Å². The smallest absolute Gasteiger partial charge is 0.405 e. The summed E-state index contributed by atoms with van der Waals surface area (Å²) in [6, 6.07) is 14.6. The van der Waals surface area contributed by atoms with E-state index >= 15 is 0 Å². The summed E-state index contributed by atoms with van der Waals surface area (Å²) in [6.07, 6.45) is 0.928. The van der Waals surface area contributed by atoms with Crippen LogP contribution in [0.2, 0.25) is 0 Å². The van der Waals surface area contributed by atoms with Crippen LogP contribution in [0.15, 0.2) is 48.5 Å². The summed E-state index contributed by atoms with van der Waals surface area (Å²) in [5, 5.41) is 0. The third-order valence-corrected chi connectivity index (χ3v) is 5.00. The standard InChI is InChI=1S/C21H22BNO4/c1-14-12-21(2,3)27-22(26-14)16-8-6-7-15(11-16)13-23-19(24)17-9-4-5-10-18(17)20(23)25/h4-11,14H,12-13H2,1-3H3/t14-/m1/s1. The predicted octanol–water partition coefficient (Wildman–Crippen LogP) is 2.78. The van der Waals surface area contributed by atoms with Gasteiger partial charge in [-0.2, -0.15) is 0 Å². The molecule has 1 fully saturated rings. The third kappa shape index (κ3) is 3.43. The van der Waals surface area contributed by atoms with Crippen molar-refractivity contribution in [2.45, 2.75) is 45.4 Å². The summed E-state index contributed by atoms with van der Waals surface area (Å²) in [6.45, 7) is 6.38. The van der Waals surface area contributed by atoms with Gasteiger partial charge >= 0.3 is 7.12 Å². The summed E-state index contributed by atoms with van der Waals surface area (Å²) in [5.41, 5.74) is 2.43. The van der Waals surface area contributed by atoms with Crippen LogP contribution in [-0.4, -0.2) is 35.5 Å². The largest absolute Gasteiger partial charge is 0.494 e. The molecule has 0 N–H and O–H groups in total. The lowest BCUT2D eigenvalue weighted by Crippen LogP contribution is -2.51. The van der Waals surface area contributed by atoms with E-state index in [1.54, 1.807) is 24.3 Å². The van der Waals surface area contributed by atoms with Crippen molar-refractivity contribution < 1.29 is 18.9 Å². The molecule has 0 bridgehead atoms. The van der Waals surface area contributed by atoms with E-state index in [1.807, 2.05) is 31.2 Å². The van der Waals surface area contributed by atoms with Crippen LogP contribution in [0.3, 0.4) is 0 Å². The summed E-state index contributed by atoms with van der Waals surface area (Å²) < 4.78 is 12.0. The van der Waals surface area contributed by atoms with Gasteiger partial charge in [0.1, 0.15) is 0 Å². The van der Waals surface area contributed by atoms with E-state index in [9.17, 15) is 9.59 Å². The molecule has 0 aromatic heterocycles. The fourth-order valence-electron chi connectivity index (χ4n) is 3.87. The maximum atomic E-state index is 12.6. The molecule has 5 nitrogen and oxygen atoms in total. The Morgan fingerprint density at radius 1 is 1.07 bits per heavy atom. The second-order valence-electron chi connectivity index (χ2n) is 7.85. The highest BCUT2D eigenvalue weighted by molar-refractivity contribution is 6.61. The van der Waals surface area contributed by atoms with Crippen molar-refractivity contribution in [2.24, 2.45) is 0 Å². The van der Waals surface area contributed by atoms with Gasteiger partial charge in [-0.15, -0.1) is 0 Å². The SMILES string of the molecule is C[C@@H]1CC(C)(C)OB(c2cccc(CN3C(=O)c4ccccc4C3=O)c2)O1. The highest BCUT2D eigenvalue weighted by atomic mass is 16.6. The summed E-state index contributed by atoms with van der Waals surface area (Å²) in [5.74, 6) is -0.498. The molecule has 2 aliphatic rings. The van der Waals surface area contributed by atoms with E-state index in [1.165, 1.54) is 4.90 Å². The zero-order valence-corrected chi connectivity index (χ0v) is 15.8. The highest BCUT2D eigenvalue weighted by Gasteiger charge is 2.39. The number of amides is 2. The predicted molar refractivity (Wildman–Crippen MR) is 103 cm³/mol. The van der Waals surface area contributed by atoms with Crippen molar-refractivity contribution in [1.29, 1.82) is 0 Å². The monoisotopic (exact) mass is 363 g/mol. The first-order valence-corrected chi connectivity index (χ1v) is 9.21. The van der Waals surface area contributed by atoms with Gasteiger partial charge in [0.25, 0.3) is 11.8 Å². The molecule has 1 saturated heterocycles. The molecule has 2 aromatic rings. The van der Waals surface area contributed by atoms with Gasteiger partial charge in [0.05, 0.1) is 23.3 Å². The highest BCUT2D eigenvalue weighted by Crippen LogP contribution is 2.26. The maximum absolute atomic E-state index is 12.6. The Balaban J connectivity index is 1.56. The topological polar surface area (TPSA) is 55.8 Å². The molecule has 138 valence electrons. The molecule has 2 amide bonds. The zero-order valence-electron chi connectivity index (χ0n) is 15.8. The molecule has 0 spiro atoms. The van der Waals surface area contributed by atoms with Crippen molar-refractivity contribution in [3.8, 4) is 0 Å². The van der Waals surface area contributed by atoms with Gasteiger partial charge in [0.15, 0.2) is 0 Å². The average Bonchev–Trinajstić information content (AvgIpc) is 2.86. The Morgan fingerprint density at radius 3 is 2.37 bits per heavy atom. The van der Waals surface area contributed by atoms with Gasteiger partial charge in [-0.3, -0.25) is 14.5 Å². The number of hydrogen-bond acceptors (Lipinski definition) is 4. The van der Waals surface area contributed by atoms with Gasteiger partial charge in [-0.05, 0) is 50.4 Å². The quantitative estimate of drug-likeness (QED) is 0.622. The van der Waals surface area contributed by atoms with E-state index in [2.05, 4.69) is 13.8 Å². The molecule has 0 unspecified atom stereocenters. The molecule has 0 saturated carbocycles. The number of carbonyl (C=O) groups is 2. The van der Waals surface area contributed by atoms with Crippen molar-refractivity contribution in [3.05, 3.63) is 65.2 Å². The molecule has 6 heteroatoms. The van der Waals surface area contributed by atoms with Crippen LogP contribution in [0.5, 0.6) is 0 Å². The van der Waals surface area contributed by atoms with Gasteiger partial charge in [-0.1, -0.05) is 36.4 Å². The molecule has 2 aliphatic heterocycles.